The molecular weight excluding hydrogens is 338 g/mol. The summed E-state index contributed by atoms with van der Waals surface area (Å²) in [6.07, 6.45) is 4.13. The normalized spacial score (nSPS) is 11.9. The lowest BCUT2D eigenvalue weighted by molar-refractivity contribution is -0.128. The first-order valence-corrected chi connectivity index (χ1v) is 9.27. The molecule has 1 atom stereocenters. The molecule has 2 aromatic carbocycles. The second-order valence-electron chi connectivity index (χ2n) is 6.70. The van der Waals surface area contributed by atoms with Crippen molar-refractivity contribution in [1.82, 2.24) is 15.6 Å². The number of aromatic amines is 1. The Hall–Kier alpha value is -3.08. The molecule has 1 unspecified atom stereocenters. The smallest absolute Gasteiger partial charge is 0.242 e. The van der Waals surface area contributed by atoms with Crippen molar-refractivity contribution in [2.24, 2.45) is 0 Å². The molecule has 0 spiro atoms. The van der Waals surface area contributed by atoms with Crippen molar-refractivity contribution >= 4 is 22.7 Å². The van der Waals surface area contributed by atoms with Crippen LogP contribution in [-0.4, -0.2) is 29.4 Å². The van der Waals surface area contributed by atoms with Gasteiger partial charge in [-0.05, 0) is 30.0 Å². The molecule has 3 aromatic rings. The minimum absolute atomic E-state index is 0.149. The molecule has 0 fully saturated rings. The summed E-state index contributed by atoms with van der Waals surface area (Å²) in [6, 6.07) is 17.6. The zero-order valence-electron chi connectivity index (χ0n) is 15.5. The second kappa shape index (κ2) is 9.03. The van der Waals surface area contributed by atoms with Gasteiger partial charge in [-0.1, -0.05) is 48.5 Å². The van der Waals surface area contributed by atoms with E-state index in [1.807, 2.05) is 48.7 Å². The lowest BCUT2D eigenvalue weighted by Crippen LogP contribution is -2.47. The number of carbonyl (C=O) groups is 2. The van der Waals surface area contributed by atoms with Crippen molar-refractivity contribution in [1.29, 1.82) is 0 Å². The first-order chi connectivity index (χ1) is 13.1. The Labute approximate surface area is 159 Å². The average molecular weight is 363 g/mol. The summed E-state index contributed by atoms with van der Waals surface area (Å²) in [5.41, 5.74) is 3.30. The predicted molar refractivity (Wildman–Crippen MR) is 107 cm³/mol. The lowest BCUT2D eigenvalue weighted by atomic mass is 10.0. The van der Waals surface area contributed by atoms with Gasteiger partial charge in [0.15, 0.2) is 0 Å². The molecule has 3 N–H and O–H groups in total. The maximum Gasteiger partial charge on any atom is 0.242 e. The zero-order valence-corrected chi connectivity index (χ0v) is 15.5. The van der Waals surface area contributed by atoms with E-state index >= 15 is 0 Å². The van der Waals surface area contributed by atoms with Gasteiger partial charge >= 0.3 is 0 Å². The number of amides is 2. The molecule has 0 saturated carbocycles. The molecule has 1 aromatic heterocycles. The van der Waals surface area contributed by atoms with Crippen molar-refractivity contribution < 1.29 is 9.59 Å². The van der Waals surface area contributed by atoms with Gasteiger partial charge in [-0.25, -0.2) is 0 Å². The number of benzene rings is 2. The molecule has 5 heteroatoms. The first kappa shape index (κ1) is 18.7. The Morgan fingerprint density at radius 3 is 2.56 bits per heavy atom. The number of aryl methyl sites for hydroxylation is 1. The van der Waals surface area contributed by atoms with E-state index in [2.05, 4.69) is 27.8 Å². The Bertz CT molecular complexity index is 902. The molecule has 0 bridgehead atoms. The van der Waals surface area contributed by atoms with Gasteiger partial charge in [-0.2, -0.15) is 0 Å². The van der Waals surface area contributed by atoms with Crippen LogP contribution in [0.25, 0.3) is 10.9 Å². The summed E-state index contributed by atoms with van der Waals surface area (Å²) in [7, 11) is 0. The summed E-state index contributed by atoms with van der Waals surface area (Å²) < 4.78 is 0. The van der Waals surface area contributed by atoms with Crippen LogP contribution in [-0.2, 0) is 22.4 Å². The van der Waals surface area contributed by atoms with Crippen molar-refractivity contribution in [3.63, 3.8) is 0 Å². The number of hydrogen-bond donors (Lipinski definition) is 3. The van der Waals surface area contributed by atoms with Crippen molar-refractivity contribution in [2.75, 3.05) is 6.54 Å². The number of nitrogens with one attached hydrogen (secondary N) is 3. The molecule has 0 aliphatic heterocycles. The van der Waals surface area contributed by atoms with Crippen LogP contribution in [0.5, 0.6) is 0 Å². The van der Waals surface area contributed by atoms with E-state index in [-0.39, 0.29) is 11.8 Å². The fraction of sp³-hybridized carbons (Fsp3) is 0.273. The summed E-state index contributed by atoms with van der Waals surface area (Å²) in [5.74, 6) is -0.359. The summed E-state index contributed by atoms with van der Waals surface area (Å²) in [6.45, 7) is 2.02. The van der Waals surface area contributed by atoms with E-state index in [0.29, 0.717) is 13.0 Å². The number of fused-ring (bicyclic) bond motifs is 1. The molecule has 1 heterocycles. The topological polar surface area (TPSA) is 74.0 Å². The third-order valence-electron chi connectivity index (χ3n) is 4.58. The second-order valence-corrected chi connectivity index (χ2v) is 6.70. The highest BCUT2D eigenvalue weighted by Crippen LogP contribution is 2.19. The number of hydrogen-bond acceptors (Lipinski definition) is 2. The maximum atomic E-state index is 12.6. The van der Waals surface area contributed by atoms with Gasteiger partial charge in [0, 0.05) is 37.0 Å². The van der Waals surface area contributed by atoms with E-state index in [4.69, 9.17) is 0 Å². The van der Waals surface area contributed by atoms with Gasteiger partial charge in [0.05, 0.1) is 0 Å². The maximum absolute atomic E-state index is 12.6. The van der Waals surface area contributed by atoms with Crippen molar-refractivity contribution in [2.45, 2.75) is 32.2 Å². The third-order valence-corrected chi connectivity index (χ3v) is 4.58. The van der Waals surface area contributed by atoms with E-state index in [9.17, 15) is 9.59 Å². The zero-order chi connectivity index (χ0) is 19.1. The monoisotopic (exact) mass is 363 g/mol. The molecular formula is C22H25N3O2. The Morgan fingerprint density at radius 1 is 1.04 bits per heavy atom. The minimum Gasteiger partial charge on any atom is -0.361 e. The van der Waals surface area contributed by atoms with Crippen LogP contribution in [0.4, 0.5) is 0 Å². The molecule has 140 valence electrons. The number of H-pyrrole nitrogens is 1. The molecule has 5 nitrogen and oxygen atoms in total. The molecule has 27 heavy (non-hydrogen) atoms. The number of para-hydroxylation sites is 1. The van der Waals surface area contributed by atoms with Crippen LogP contribution in [0.1, 0.15) is 24.5 Å². The summed E-state index contributed by atoms with van der Waals surface area (Å²) in [4.78, 5) is 27.4. The molecule has 2 amide bonds. The number of aromatic nitrogens is 1. The SMILES string of the molecule is CC(=O)NC(Cc1c[nH]c2ccccc12)C(=O)NCCCc1ccccc1. The lowest BCUT2D eigenvalue weighted by Gasteiger charge is -2.17. The van der Waals surface area contributed by atoms with Crippen molar-refractivity contribution in [3.8, 4) is 0 Å². The van der Waals surface area contributed by atoms with Crippen LogP contribution in [0.2, 0.25) is 0 Å². The van der Waals surface area contributed by atoms with Gasteiger partial charge in [0.25, 0.3) is 0 Å². The molecule has 0 saturated heterocycles. The van der Waals surface area contributed by atoms with E-state index < -0.39 is 6.04 Å². The summed E-state index contributed by atoms with van der Waals surface area (Å²) in [5, 5.41) is 6.81. The van der Waals surface area contributed by atoms with E-state index in [1.165, 1.54) is 12.5 Å². The molecule has 3 rings (SSSR count). The van der Waals surface area contributed by atoms with Crippen LogP contribution >= 0.6 is 0 Å². The van der Waals surface area contributed by atoms with Gasteiger partial charge in [0.1, 0.15) is 6.04 Å². The van der Waals surface area contributed by atoms with E-state index in [1.54, 1.807) is 0 Å². The molecule has 0 aliphatic rings. The Morgan fingerprint density at radius 2 is 1.78 bits per heavy atom. The van der Waals surface area contributed by atoms with Crippen LogP contribution in [0.3, 0.4) is 0 Å². The Kier molecular flexibility index (Phi) is 6.26. The van der Waals surface area contributed by atoms with Gasteiger partial charge < -0.3 is 15.6 Å². The fourth-order valence-corrected chi connectivity index (χ4v) is 3.25. The number of carbonyl (C=O) groups excluding carboxylic acids is 2. The highest BCUT2D eigenvalue weighted by Gasteiger charge is 2.21. The van der Waals surface area contributed by atoms with Gasteiger partial charge in [-0.3, -0.25) is 9.59 Å². The number of rotatable bonds is 8. The fourth-order valence-electron chi connectivity index (χ4n) is 3.25. The minimum atomic E-state index is -0.585. The summed E-state index contributed by atoms with van der Waals surface area (Å²) >= 11 is 0. The van der Waals surface area contributed by atoms with Crippen molar-refractivity contribution in [3.05, 3.63) is 71.9 Å². The predicted octanol–water partition coefficient (Wildman–Crippen LogP) is 2.96. The highest BCUT2D eigenvalue weighted by atomic mass is 16.2. The van der Waals surface area contributed by atoms with E-state index in [0.717, 1.165) is 29.3 Å². The largest absolute Gasteiger partial charge is 0.361 e. The van der Waals surface area contributed by atoms with Crippen LogP contribution in [0.15, 0.2) is 60.8 Å². The third kappa shape index (κ3) is 5.20. The quantitative estimate of drug-likeness (QED) is 0.538. The Balaban J connectivity index is 1.58. The first-order valence-electron chi connectivity index (χ1n) is 9.27. The standard InChI is InChI=1S/C22H25N3O2/c1-16(26)25-21(14-18-15-24-20-12-6-5-11-19(18)20)22(27)23-13-7-10-17-8-3-2-4-9-17/h2-6,8-9,11-12,15,21,24H,7,10,13-14H2,1H3,(H,23,27)(H,25,26). The van der Waals surface area contributed by atoms with Gasteiger partial charge in [0.2, 0.25) is 11.8 Å². The van der Waals surface area contributed by atoms with Crippen LogP contribution in [0, 0.1) is 0 Å². The molecule has 0 radical (unpaired) electrons. The highest BCUT2D eigenvalue weighted by molar-refractivity contribution is 5.89. The molecule has 0 aliphatic carbocycles. The van der Waals surface area contributed by atoms with Gasteiger partial charge in [-0.15, -0.1) is 0 Å². The average Bonchev–Trinajstić information content (AvgIpc) is 3.08. The van der Waals surface area contributed by atoms with Crippen LogP contribution < -0.4 is 10.6 Å².